The molecule has 5 nitrogen and oxygen atoms in total. The van der Waals surface area contributed by atoms with E-state index in [1.807, 2.05) is 24.3 Å². The van der Waals surface area contributed by atoms with Crippen molar-refractivity contribution >= 4 is 0 Å². The molecular formula is C15H19N3O2. The van der Waals surface area contributed by atoms with E-state index in [-0.39, 0.29) is 5.41 Å². The van der Waals surface area contributed by atoms with Crippen molar-refractivity contribution in [2.24, 2.45) is 0 Å². The Hall–Kier alpha value is -1.88. The Morgan fingerprint density at radius 2 is 2.15 bits per heavy atom. The highest BCUT2D eigenvalue weighted by Crippen LogP contribution is 2.34. The normalized spacial score (nSPS) is 22.1. The Morgan fingerprint density at radius 3 is 2.75 bits per heavy atom. The molecule has 1 aliphatic rings. The van der Waals surface area contributed by atoms with Gasteiger partial charge in [-0.2, -0.15) is 4.98 Å². The molecule has 1 aliphatic heterocycles. The molecule has 1 aromatic carbocycles. The van der Waals surface area contributed by atoms with Crippen molar-refractivity contribution in [1.29, 1.82) is 0 Å². The first-order valence-corrected chi connectivity index (χ1v) is 6.97. The van der Waals surface area contributed by atoms with Gasteiger partial charge < -0.3 is 14.6 Å². The summed E-state index contributed by atoms with van der Waals surface area (Å²) >= 11 is 0. The zero-order valence-corrected chi connectivity index (χ0v) is 11.8. The lowest BCUT2D eigenvalue weighted by Crippen LogP contribution is -2.28. The number of benzene rings is 1. The maximum Gasteiger partial charge on any atom is 0.234 e. The lowest BCUT2D eigenvalue weighted by Gasteiger charge is -2.20. The number of ether oxygens (including phenoxy) is 1. The van der Waals surface area contributed by atoms with E-state index >= 15 is 0 Å². The van der Waals surface area contributed by atoms with E-state index in [1.165, 1.54) is 0 Å². The number of hydrogen-bond donors (Lipinski definition) is 1. The smallest absolute Gasteiger partial charge is 0.234 e. The van der Waals surface area contributed by atoms with E-state index in [0.29, 0.717) is 5.82 Å². The first-order valence-electron chi connectivity index (χ1n) is 6.97. The molecule has 2 heterocycles. The predicted molar refractivity (Wildman–Crippen MR) is 75.7 cm³/mol. The van der Waals surface area contributed by atoms with Gasteiger partial charge in [-0.15, -0.1) is 0 Å². The van der Waals surface area contributed by atoms with Gasteiger partial charge in [-0.05, 0) is 43.7 Å². The van der Waals surface area contributed by atoms with Crippen LogP contribution in [0.4, 0.5) is 0 Å². The van der Waals surface area contributed by atoms with Crippen LogP contribution in [0.3, 0.4) is 0 Å². The molecule has 2 aromatic rings. The van der Waals surface area contributed by atoms with Crippen molar-refractivity contribution < 1.29 is 9.26 Å². The summed E-state index contributed by atoms with van der Waals surface area (Å²) in [7, 11) is 1.65. The fraction of sp³-hybridized carbons (Fsp3) is 0.467. The highest BCUT2D eigenvalue weighted by molar-refractivity contribution is 5.55. The van der Waals surface area contributed by atoms with Crippen molar-refractivity contribution in [2.45, 2.75) is 25.2 Å². The Labute approximate surface area is 118 Å². The molecule has 0 radical (unpaired) electrons. The van der Waals surface area contributed by atoms with E-state index in [1.54, 1.807) is 7.11 Å². The number of nitrogens with one attached hydrogen (secondary N) is 1. The molecule has 1 N–H and O–H groups in total. The van der Waals surface area contributed by atoms with Crippen LogP contribution in [0.1, 0.15) is 25.7 Å². The van der Waals surface area contributed by atoms with Crippen LogP contribution in [0.2, 0.25) is 0 Å². The molecular weight excluding hydrogens is 254 g/mol. The fourth-order valence-electron chi connectivity index (χ4n) is 2.68. The van der Waals surface area contributed by atoms with Crippen molar-refractivity contribution in [2.75, 3.05) is 20.2 Å². The van der Waals surface area contributed by atoms with Gasteiger partial charge in [-0.25, -0.2) is 0 Å². The van der Waals surface area contributed by atoms with Crippen LogP contribution in [-0.2, 0) is 5.41 Å². The zero-order valence-electron chi connectivity index (χ0n) is 11.8. The lowest BCUT2D eigenvalue weighted by atomic mass is 9.84. The van der Waals surface area contributed by atoms with Crippen molar-refractivity contribution in [3.05, 3.63) is 30.2 Å². The molecule has 0 amide bonds. The Balaban J connectivity index is 1.89. The third kappa shape index (κ3) is 2.18. The summed E-state index contributed by atoms with van der Waals surface area (Å²) in [5.74, 6) is 2.21. The number of aromatic nitrogens is 2. The van der Waals surface area contributed by atoms with Crippen LogP contribution in [0.5, 0.6) is 5.75 Å². The molecule has 0 bridgehead atoms. The third-order valence-corrected chi connectivity index (χ3v) is 4.15. The summed E-state index contributed by atoms with van der Waals surface area (Å²) in [6, 6.07) is 7.69. The fourth-order valence-corrected chi connectivity index (χ4v) is 2.68. The van der Waals surface area contributed by atoms with E-state index in [2.05, 4.69) is 22.4 Å². The van der Waals surface area contributed by atoms with Crippen LogP contribution >= 0.6 is 0 Å². The SMILES string of the molecule is CCC1(c2nc(-c3ccc(OC)cc3)no2)CCNC1. The van der Waals surface area contributed by atoms with Crippen molar-refractivity contribution in [3.8, 4) is 17.1 Å². The maximum absolute atomic E-state index is 5.52. The predicted octanol–water partition coefficient (Wildman–Crippen LogP) is 2.39. The van der Waals surface area contributed by atoms with Gasteiger partial charge in [0.15, 0.2) is 0 Å². The number of methoxy groups -OCH3 is 1. The largest absolute Gasteiger partial charge is 0.497 e. The summed E-state index contributed by atoms with van der Waals surface area (Å²) in [5.41, 5.74) is 0.940. The molecule has 1 unspecified atom stereocenters. The highest BCUT2D eigenvalue weighted by atomic mass is 16.5. The average Bonchev–Trinajstić information content (AvgIpc) is 3.17. The molecule has 1 aromatic heterocycles. The second kappa shape index (κ2) is 5.25. The van der Waals surface area contributed by atoms with Crippen LogP contribution in [-0.4, -0.2) is 30.3 Å². The van der Waals surface area contributed by atoms with Gasteiger partial charge in [0.2, 0.25) is 11.7 Å². The topological polar surface area (TPSA) is 60.2 Å². The molecule has 0 spiro atoms. The van der Waals surface area contributed by atoms with Gasteiger partial charge in [0, 0.05) is 12.1 Å². The summed E-state index contributed by atoms with van der Waals surface area (Å²) in [5, 5.41) is 7.51. The second-order valence-corrected chi connectivity index (χ2v) is 5.21. The Bertz CT molecular complexity index is 571. The van der Waals surface area contributed by atoms with Gasteiger partial charge in [0.05, 0.1) is 12.5 Å². The molecule has 5 heteroatoms. The quantitative estimate of drug-likeness (QED) is 0.926. The monoisotopic (exact) mass is 273 g/mol. The van der Waals surface area contributed by atoms with Gasteiger partial charge in [-0.1, -0.05) is 12.1 Å². The van der Waals surface area contributed by atoms with Crippen molar-refractivity contribution in [3.63, 3.8) is 0 Å². The summed E-state index contributed by atoms with van der Waals surface area (Å²) in [6.45, 7) is 4.09. The van der Waals surface area contributed by atoms with E-state index in [0.717, 1.165) is 43.1 Å². The molecule has 3 rings (SSSR count). The van der Waals surface area contributed by atoms with Crippen LogP contribution in [0.15, 0.2) is 28.8 Å². The minimum atomic E-state index is -0.00226. The van der Waals surface area contributed by atoms with Gasteiger partial charge >= 0.3 is 0 Å². The highest BCUT2D eigenvalue weighted by Gasteiger charge is 2.39. The van der Waals surface area contributed by atoms with Crippen LogP contribution < -0.4 is 10.1 Å². The number of rotatable bonds is 4. The summed E-state index contributed by atoms with van der Waals surface area (Å²) in [4.78, 5) is 4.60. The molecule has 20 heavy (non-hydrogen) atoms. The molecule has 0 saturated carbocycles. The maximum atomic E-state index is 5.52. The molecule has 1 fully saturated rings. The van der Waals surface area contributed by atoms with Crippen molar-refractivity contribution in [1.82, 2.24) is 15.5 Å². The van der Waals surface area contributed by atoms with Gasteiger partial charge in [-0.3, -0.25) is 0 Å². The van der Waals surface area contributed by atoms with Crippen LogP contribution in [0, 0.1) is 0 Å². The molecule has 0 aliphatic carbocycles. The van der Waals surface area contributed by atoms with Gasteiger partial charge in [0.25, 0.3) is 0 Å². The Morgan fingerprint density at radius 1 is 1.35 bits per heavy atom. The molecule has 1 atom stereocenters. The number of hydrogen-bond acceptors (Lipinski definition) is 5. The molecule has 1 saturated heterocycles. The first-order chi connectivity index (χ1) is 9.77. The molecule has 106 valence electrons. The van der Waals surface area contributed by atoms with E-state index in [9.17, 15) is 0 Å². The second-order valence-electron chi connectivity index (χ2n) is 5.21. The zero-order chi connectivity index (χ0) is 14.0. The van der Waals surface area contributed by atoms with E-state index < -0.39 is 0 Å². The standard InChI is InChI=1S/C15H19N3O2/c1-3-15(8-9-16-10-15)14-17-13(18-20-14)11-4-6-12(19-2)7-5-11/h4-7,16H,3,8-10H2,1-2H3. The minimum Gasteiger partial charge on any atom is -0.497 e. The minimum absolute atomic E-state index is 0.00226. The summed E-state index contributed by atoms with van der Waals surface area (Å²) < 4.78 is 10.7. The third-order valence-electron chi connectivity index (χ3n) is 4.15. The lowest BCUT2D eigenvalue weighted by molar-refractivity contribution is 0.285. The number of nitrogens with zero attached hydrogens (tertiary/aromatic N) is 2. The summed E-state index contributed by atoms with van der Waals surface area (Å²) in [6.07, 6.45) is 2.05. The van der Waals surface area contributed by atoms with Gasteiger partial charge in [0.1, 0.15) is 5.75 Å². The Kier molecular flexibility index (Phi) is 3.44. The average molecular weight is 273 g/mol. The first kappa shape index (κ1) is 13.1. The van der Waals surface area contributed by atoms with E-state index in [4.69, 9.17) is 9.26 Å². The van der Waals surface area contributed by atoms with Crippen LogP contribution in [0.25, 0.3) is 11.4 Å².